The standard InChI is InChI=1S/C17H32O/c1-3-12-18-17-10-8-16(9-11-17)13-15-6-4-14(2)5-7-15/h14-17H,3-13H2,1-2H3. The zero-order valence-electron chi connectivity index (χ0n) is 12.5. The molecule has 0 spiro atoms. The summed E-state index contributed by atoms with van der Waals surface area (Å²) >= 11 is 0. The molecule has 2 saturated carbocycles. The maximum Gasteiger partial charge on any atom is 0.0575 e. The molecule has 106 valence electrons. The van der Waals surface area contributed by atoms with Crippen molar-refractivity contribution in [1.82, 2.24) is 0 Å². The number of rotatable bonds is 5. The van der Waals surface area contributed by atoms with Crippen molar-refractivity contribution in [2.75, 3.05) is 6.61 Å². The van der Waals surface area contributed by atoms with Crippen LogP contribution in [0.2, 0.25) is 0 Å². The SMILES string of the molecule is CCCOC1CCC(CC2CCC(C)CC2)CC1. The van der Waals surface area contributed by atoms with Crippen LogP contribution < -0.4 is 0 Å². The summed E-state index contributed by atoms with van der Waals surface area (Å²) in [4.78, 5) is 0. The van der Waals surface area contributed by atoms with E-state index in [-0.39, 0.29) is 0 Å². The second kappa shape index (κ2) is 7.53. The van der Waals surface area contributed by atoms with Gasteiger partial charge in [0.25, 0.3) is 0 Å². The van der Waals surface area contributed by atoms with E-state index in [9.17, 15) is 0 Å². The van der Waals surface area contributed by atoms with Gasteiger partial charge in [-0.25, -0.2) is 0 Å². The normalized spacial score (nSPS) is 37.7. The highest BCUT2D eigenvalue weighted by Gasteiger charge is 2.26. The molecular formula is C17H32O. The highest BCUT2D eigenvalue weighted by molar-refractivity contribution is 4.78. The molecule has 2 rings (SSSR count). The summed E-state index contributed by atoms with van der Waals surface area (Å²) in [6.07, 6.45) is 14.8. The van der Waals surface area contributed by atoms with Crippen molar-refractivity contribution < 1.29 is 4.74 Å². The van der Waals surface area contributed by atoms with Gasteiger partial charge in [0.1, 0.15) is 0 Å². The molecule has 1 nitrogen and oxygen atoms in total. The summed E-state index contributed by atoms with van der Waals surface area (Å²) in [5.74, 6) is 3.07. The summed E-state index contributed by atoms with van der Waals surface area (Å²) < 4.78 is 5.88. The van der Waals surface area contributed by atoms with Gasteiger partial charge < -0.3 is 4.74 Å². The van der Waals surface area contributed by atoms with Crippen molar-refractivity contribution in [3.05, 3.63) is 0 Å². The lowest BCUT2D eigenvalue weighted by atomic mass is 9.75. The summed E-state index contributed by atoms with van der Waals surface area (Å²) in [6, 6.07) is 0. The van der Waals surface area contributed by atoms with Crippen molar-refractivity contribution in [3.63, 3.8) is 0 Å². The van der Waals surface area contributed by atoms with E-state index in [2.05, 4.69) is 13.8 Å². The van der Waals surface area contributed by atoms with E-state index < -0.39 is 0 Å². The second-order valence-electron chi connectivity index (χ2n) is 6.88. The van der Waals surface area contributed by atoms with Crippen LogP contribution in [0.4, 0.5) is 0 Å². The Labute approximate surface area is 114 Å². The fourth-order valence-electron chi connectivity index (χ4n) is 3.85. The first-order chi connectivity index (χ1) is 8.78. The number of hydrogen-bond donors (Lipinski definition) is 0. The molecule has 1 heteroatoms. The predicted octanol–water partition coefficient (Wildman–Crippen LogP) is 5.19. The van der Waals surface area contributed by atoms with E-state index in [1.807, 2.05) is 0 Å². The number of hydrogen-bond acceptors (Lipinski definition) is 1. The van der Waals surface area contributed by atoms with Crippen molar-refractivity contribution in [2.45, 2.75) is 84.2 Å². The first-order valence-electron chi connectivity index (χ1n) is 8.39. The molecule has 0 N–H and O–H groups in total. The van der Waals surface area contributed by atoms with Crippen LogP contribution >= 0.6 is 0 Å². The van der Waals surface area contributed by atoms with E-state index in [0.717, 1.165) is 24.4 Å². The zero-order valence-corrected chi connectivity index (χ0v) is 12.5. The largest absolute Gasteiger partial charge is 0.378 e. The lowest BCUT2D eigenvalue weighted by Crippen LogP contribution is -2.24. The van der Waals surface area contributed by atoms with Gasteiger partial charge in [-0.1, -0.05) is 39.5 Å². The summed E-state index contributed by atoms with van der Waals surface area (Å²) in [5, 5.41) is 0. The molecule has 0 aliphatic heterocycles. The molecule has 0 aromatic carbocycles. The van der Waals surface area contributed by atoms with Gasteiger partial charge in [-0.3, -0.25) is 0 Å². The molecule has 2 aliphatic rings. The summed E-state index contributed by atoms with van der Waals surface area (Å²) in [7, 11) is 0. The Balaban J connectivity index is 1.61. The van der Waals surface area contributed by atoms with Crippen LogP contribution in [0.3, 0.4) is 0 Å². The molecule has 0 unspecified atom stereocenters. The van der Waals surface area contributed by atoms with Gasteiger partial charge in [0.15, 0.2) is 0 Å². The molecule has 0 bridgehead atoms. The van der Waals surface area contributed by atoms with Gasteiger partial charge in [0.2, 0.25) is 0 Å². The van der Waals surface area contributed by atoms with Gasteiger partial charge >= 0.3 is 0 Å². The lowest BCUT2D eigenvalue weighted by Gasteiger charge is -2.33. The Kier molecular flexibility index (Phi) is 6.01. The Hall–Kier alpha value is -0.0400. The third kappa shape index (κ3) is 4.57. The topological polar surface area (TPSA) is 9.23 Å². The molecule has 0 aromatic heterocycles. The third-order valence-electron chi connectivity index (χ3n) is 5.15. The summed E-state index contributed by atoms with van der Waals surface area (Å²) in [5.41, 5.74) is 0. The van der Waals surface area contributed by atoms with E-state index in [1.165, 1.54) is 64.2 Å². The van der Waals surface area contributed by atoms with Crippen LogP contribution in [-0.4, -0.2) is 12.7 Å². The van der Waals surface area contributed by atoms with Crippen molar-refractivity contribution in [3.8, 4) is 0 Å². The van der Waals surface area contributed by atoms with Crippen LogP contribution in [-0.2, 0) is 4.74 Å². The average Bonchev–Trinajstić information content (AvgIpc) is 2.41. The highest BCUT2D eigenvalue weighted by atomic mass is 16.5. The fourth-order valence-corrected chi connectivity index (χ4v) is 3.85. The van der Waals surface area contributed by atoms with E-state index in [4.69, 9.17) is 4.74 Å². The van der Waals surface area contributed by atoms with Gasteiger partial charge in [0, 0.05) is 6.61 Å². The molecule has 0 saturated heterocycles. The molecule has 0 heterocycles. The molecule has 2 aliphatic carbocycles. The molecule has 2 fully saturated rings. The Morgan fingerprint density at radius 1 is 0.833 bits per heavy atom. The maximum absolute atomic E-state index is 5.88. The first-order valence-corrected chi connectivity index (χ1v) is 8.39. The lowest BCUT2D eigenvalue weighted by molar-refractivity contribution is 0.0150. The van der Waals surface area contributed by atoms with Crippen molar-refractivity contribution in [1.29, 1.82) is 0 Å². The minimum Gasteiger partial charge on any atom is -0.378 e. The second-order valence-corrected chi connectivity index (χ2v) is 6.88. The highest BCUT2D eigenvalue weighted by Crippen LogP contribution is 2.37. The molecule has 0 amide bonds. The van der Waals surface area contributed by atoms with Crippen LogP contribution in [0, 0.1) is 17.8 Å². The zero-order chi connectivity index (χ0) is 12.8. The monoisotopic (exact) mass is 252 g/mol. The Morgan fingerprint density at radius 3 is 1.94 bits per heavy atom. The fraction of sp³-hybridized carbons (Fsp3) is 1.00. The van der Waals surface area contributed by atoms with E-state index >= 15 is 0 Å². The average molecular weight is 252 g/mol. The summed E-state index contributed by atoms with van der Waals surface area (Å²) in [6.45, 7) is 5.60. The van der Waals surface area contributed by atoms with Gasteiger partial charge in [-0.2, -0.15) is 0 Å². The minimum atomic E-state index is 0.590. The van der Waals surface area contributed by atoms with Crippen molar-refractivity contribution >= 4 is 0 Å². The van der Waals surface area contributed by atoms with Crippen molar-refractivity contribution in [2.24, 2.45) is 17.8 Å². The van der Waals surface area contributed by atoms with Crippen LogP contribution in [0.5, 0.6) is 0 Å². The molecule has 0 radical (unpaired) electrons. The van der Waals surface area contributed by atoms with Gasteiger partial charge in [0.05, 0.1) is 6.10 Å². The van der Waals surface area contributed by atoms with Crippen LogP contribution in [0.25, 0.3) is 0 Å². The maximum atomic E-state index is 5.88. The van der Waals surface area contributed by atoms with Gasteiger partial charge in [-0.05, 0) is 56.3 Å². The Morgan fingerprint density at radius 2 is 1.39 bits per heavy atom. The molecule has 0 atom stereocenters. The predicted molar refractivity (Wildman–Crippen MR) is 77.7 cm³/mol. The van der Waals surface area contributed by atoms with Gasteiger partial charge in [-0.15, -0.1) is 0 Å². The molecule has 0 aromatic rings. The quantitative estimate of drug-likeness (QED) is 0.654. The van der Waals surface area contributed by atoms with E-state index in [0.29, 0.717) is 6.10 Å². The minimum absolute atomic E-state index is 0.590. The molecule has 18 heavy (non-hydrogen) atoms. The third-order valence-corrected chi connectivity index (χ3v) is 5.15. The Bertz CT molecular complexity index is 210. The van der Waals surface area contributed by atoms with Crippen LogP contribution in [0.15, 0.2) is 0 Å². The van der Waals surface area contributed by atoms with Crippen LogP contribution in [0.1, 0.15) is 78.1 Å². The number of ether oxygens (including phenoxy) is 1. The van der Waals surface area contributed by atoms with E-state index in [1.54, 1.807) is 0 Å². The molecular weight excluding hydrogens is 220 g/mol. The first kappa shape index (κ1) is 14.4. The smallest absolute Gasteiger partial charge is 0.0575 e.